The highest BCUT2D eigenvalue weighted by atomic mass is 16.4. The highest BCUT2D eigenvalue weighted by Crippen LogP contribution is 2.25. The molecule has 1 aliphatic rings. The van der Waals surface area contributed by atoms with E-state index in [0.29, 0.717) is 5.82 Å². The molecule has 0 bridgehead atoms. The fraction of sp³-hybridized carbons (Fsp3) is 0.214. The third kappa shape index (κ3) is 2.03. The first kappa shape index (κ1) is 11.6. The number of aromatic nitrogens is 1. The van der Waals surface area contributed by atoms with Crippen molar-refractivity contribution in [1.29, 1.82) is 0 Å². The molecule has 96 valence electrons. The van der Waals surface area contributed by atoms with E-state index in [9.17, 15) is 9.59 Å². The van der Waals surface area contributed by atoms with Gasteiger partial charge < -0.3 is 5.11 Å². The van der Waals surface area contributed by atoms with E-state index in [1.165, 1.54) is 4.90 Å². The van der Waals surface area contributed by atoms with Crippen LogP contribution in [0.5, 0.6) is 0 Å². The number of carboxylic acid groups (broad SMARTS) is 1. The zero-order valence-electron chi connectivity index (χ0n) is 10.1. The molecule has 5 nitrogen and oxygen atoms in total. The number of carboxylic acids is 1. The lowest BCUT2D eigenvalue weighted by Gasteiger charge is -2.15. The highest BCUT2D eigenvalue weighted by Gasteiger charge is 2.35. The van der Waals surface area contributed by atoms with Crippen LogP contribution in [0.4, 0.5) is 5.82 Å². The van der Waals surface area contributed by atoms with Crippen LogP contribution >= 0.6 is 0 Å². The Balaban J connectivity index is 1.96. The van der Waals surface area contributed by atoms with Gasteiger partial charge in [0.05, 0.1) is 11.4 Å². The van der Waals surface area contributed by atoms with E-state index >= 15 is 0 Å². The van der Waals surface area contributed by atoms with Crippen molar-refractivity contribution in [3.63, 3.8) is 0 Å². The van der Waals surface area contributed by atoms with Crippen LogP contribution in [0.1, 0.15) is 6.42 Å². The first-order valence-corrected chi connectivity index (χ1v) is 6.04. The predicted molar refractivity (Wildman–Crippen MR) is 69.8 cm³/mol. The van der Waals surface area contributed by atoms with Crippen LogP contribution < -0.4 is 4.90 Å². The van der Waals surface area contributed by atoms with E-state index in [0.717, 1.165) is 10.9 Å². The predicted octanol–water partition coefficient (Wildman–Crippen LogP) is 1.67. The molecule has 0 aliphatic carbocycles. The Hall–Kier alpha value is -2.43. The summed E-state index contributed by atoms with van der Waals surface area (Å²) in [6.45, 7) is 0.194. The number of para-hydroxylation sites is 1. The molecular weight excluding hydrogens is 244 g/mol. The molecule has 0 radical (unpaired) electrons. The number of anilines is 1. The summed E-state index contributed by atoms with van der Waals surface area (Å²) in [7, 11) is 0. The van der Waals surface area contributed by atoms with E-state index < -0.39 is 11.9 Å². The maximum absolute atomic E-state index is 11.8. The van der Waals surface area contributed by atoms with Gasteiger partial charge in [-0.1, -0.05) is 18.2 Å². The van der Waals surface area contributed by atoms with Crippen molar-refractivity contribution in [1.82, 2.24) is 4.98 Å². The Morgan fingerprint density at radius 2 is 2.05 bits per heavy atom. The molecule has 2 aromatic rings. The second kappa shape index (κ2) is 4.35. The van der Waals surface area contributed by atoms with Crippen molar-refractivity contribution in [3.8, 4) is 0 Å². The Bertz CT molecular complexity index is 669. The van der Waals surface area contributed by atoms with E-state index in [4.69, 9.17) is 5.11 Å². The van der Waals surface area contributed by atoms with Crippen LogP contribution in [0.3, 0.4) is 0 Å². The van der Waals surface area contributed by atoms with Crippen LogP contribution in [-0.4, -0.2) is 28.5 Å². The summed E-state index contributed by atoms with van der Waals surface area (Å²) in [5, 5.41) is 9.96. The molecule has 0 saturated carbocycles. The molecule has 1 N–H and O–H groups in total. The van der Waals surface area contributed by atoms with Crippen LogP contribution in [0, 0.1) is 5.92 Å². The van der Waals surface area contributed by atoms with Gasteiger partial charge in [-0.25, -0.2) is 4.98 Å². The molecule has 3 rings (SSSR count). The Morgan fingerprint density at radius 1 is 1.26 bits per heavy atom. The minimum atomic E-state index is -0.934. The number of benzene rings is 1. The molecule has 1 aromatic carbocycles. The highest BCUT2D eigenvalue weighted by molar-refractivity contribution is 5.99. The lowest BCUT2D eigenvalue weighted by atomic mass is 10.1. The van der Waals surface area contributed by atoms with Gasteiger partial charge in [-0.3, -0.25) is 14.5 Å². The number of hydrogen-bond donors (Lipinski definition) is 1. The smallest absolute Gasteiger partial charge is 0.308 e. The zero-order chi connectivity index (χ0) is 13.4. The van der Waals surface area contributed by atoms with Gasteiger partial charge in [0.15, 0.2) is 0 Å². The summed E-state index contributed by atoms with van der Waals surface area (Å²) in [4.78, 5) is 28.6. The average Bonchev–Trinajstić information content (AvgIpc) is 2.80. The van der Waals surface area contributed by atoms with Crippen LogP contribution in [0.2, 0.25) is 0 Å². The Kier molecular flexibility index (Phi) is 2.67. The fourth-order valence-corrected chi connectivity index (χ4v) is 2.30. The minimum absolute atomic E-state index is 0.0455. The molecule has 1 fully saturated rings. The third-order valence-corrected chi connectivity index (χ3v) is 3.33. The number of rotatable bonds is 2. The number of aliphatic carboxylic acids is 1. The number of amides is 1. The molecule has 19 heavy (non-hydrogen) atoms. The zero-order valence-corrected chi connectivity index (χ0v) is 10.1. The molecule has 1 unspecified atom stereocenters. The molecule has 0 spiro atoms. The van der Waals surface area contributed by atoms with Crippen LogP contribution in [0.25, 0.3) is 10.9 Å². The van der Waals surface area contributed by atoms with Gasteiger partial charge in [-0.15, -0.1) is 0 Å². The van der Waals surface area contributed by atoms with Gasteiger partial charge in [0.25, 0.3) is 0 Å². The van der Waals surface area contributed by atoms with Gasteiger partial charge in [-0.05, 0) is 18.2 Å². The summed E-state index contributed by atoms with van der Waals surface area (Å²) in [6, 6.07) is 11.3. The lowest BCUT2D eigenvalue weighted by Crippen LogP contribution is -2.26. The molecule has 5 heteroatoms. The van der Waals surface area contributed by atoms with Crippen molar-refractivity contribution in [2.24, 2.45) is 5.92 Å². The van der Waals surface area contributed by atoms with E-state index in [1.54, 1.807) is 6.07 Å². The van der Waals surface area contributed by atoms with Gasteiger partial charge in [0.2, 0.25) is 5.91 Å². The Morgan fingerprint density at radius 3 is 2.79 bits per heavy atom. The molecule has 1 aliphatic heterocycles. The number of pyridine rings is 1. The van der Waals surface area contributed by atoms with Crippen molar-refractivity contribution in [2.75, 3.05) is 11.4 Å². The quantitative estimate of drug-likeness (QED) is 0.887. The number of carbonyl (C=O) groups excluding carboxylic acids is 1. The first-order valence-electron chi connectivity index (χ1n) is 6.04. The van der Waals surface area contributed by atoms with E-state index in [1.807, 2.05) is 30.3 Å². The molecule has 1 aromatic heterocycles. The van der Waals surface area contributed by atoms with E-state index in [-0.39, 0.29) is 18.9 Å². The molecule has 1 saturated heterocycles. The molecule has 1 atom stereocenters. The van der Waals surface area contributed by atoms with Crippen molar-refractivity contribution in [3.05, 3.63) is 36.4 Å². The fourth-order valence-electron chi connectivity index (χ4n) is 2.30. The standard InChI is InChI=1S/C14H12N2O3/c17-13-7-10(14(18)19)8-16(13)12-6-5-9-3-1-2-4-11(9)15-12/h1-6,10H,7-8H2,(H,18,19). The van der Waals surface area contributed by atoms with Crippen molar-refractivity contribution in [2.45, 2.75) is 6.42 Å². The normalized spacial score (nSPS) is 19.1. The lowest BCUT2D eigenvalue weighted by molar-refractivity contribution is -0.141. The minimum Gasteiger partial charge on any atom is -0.481 e. The number of fused-ring (bicyclic) bond motifs is 1. The second-order valence-electron chi connectivity index (χ2n) is 4.61. The number of hydrogen-bond acceptors (Lipinski definition) is 3. The maximum Gasteiger partial charge on any atom is 0.308 e. The van der Waals surface area contributed by atoms with Gasteiger partial charge in [0, 0.05) is 18.4 Å². The molecule has 1 amide bonds. The van der Waals surface area contributed by atoms with E-state index in [2.05, 4.69) is 4.98 Å². The Labute approximate surface area is 109 Å². The maximum atomic E-state index is 11.8. The second-order valence-corrected chi connectivity index (χ2v) is 4.61. The summed E-state index contributed by atoms with van der Waals surface area (Å²) in [6.07, 6.45) is 0.0455. The molecular formula is C14H12N2O3. The van der Waals surface area contributed by atoms with Crippen LogP contribution in [-0.2, 0) is 9.59 Å². The summed E-state index contributed by atoms with van der Waals surface area (Å²) >= 11 is 0. The van der Waals surface area contributed by atoms with Gasteiger partial charge in [0.1, 0.15) is 5.82 Å². The monoisotopic (exact) mass is 256 g/mol. The van der Waals surface area contributed by atoms with Gasteiger partial charge >= 0.3 is 5.97 Å². The average molecular weight is 256 g/mol. The number of carbonyl (C=O) groups is 2. The summed E-state index contributed by atoms with van der Waals surface area (Å²) < 4.78 is 0. The SMILES string of the molecule is O=C(O)C1CC(=O)N(c2ccc3ccccc3n2)C1. The van der Waals surface area contributed by atoms with Gasteiger partial charge in [-0.2, -0.15) is 0 Å². The third-order valence-electron chi connectivity index (χ3n) is 3.33. The summed E-state index contributed by atoms with van der Waals surface area (Å²) in [5.41, 5.74) is 0.798. The van der Waals surface area contributed by atoms with Crippen molar-refractivity contribution < 1.29 is 14.7 Å². The van der Waals surface area contributed by atoms with Crippen LogP contribution in [0.15, 0.2) is 36.4 Å². The molecule has 2 heterocycles. The largest absolute Gasteiger partial charge is 0.481 e. The number of nitrogens with zero attached hydrogens (tertiary/aromatic N) is 2. The topological polar surface area (TPSA) is 70.5 Å². The summed E-state index contributed by atoms with van der Waals surface area (Å²) in [5.74, 6) is -1.24. The van der Waals surface area contributed by atoms with Crippen molar-refractivity contribution >= 4 is 28.6 Å². The first-order chi connectivity index (χ1) is 9.15.